The van der Waals surface area contributed by atoms with Crippen molar-refractivity contribution in [3.63, 3.8) is 0 Å². The number of hydrogen-bond donors (Lipinski definition) is 2. The molecule has 0 saturated heterocycles. The Bertz CT molecular complexity index is 1370. The van der Waals surface area contributed by atoms with Crippen LogP contribution in [0, 0.1) is 5.82 Å². The Labute approximate surface area is 205 Å². The second kappa shape index (κ2) is 9.83. The van der Waals surface area contributed by atoms with Gasteiger partial charge in [0.15, 0.2) is 16.6 Å². The molecule has 0 atom stereocenters. The molecule has 180 valence electrons. The van der Waals surface area contributed by atoms with E-state index in [1.165, 1.54) is 30.4 Å². The molecule has 0 aliphatic heterocycles. The lowest BCUT2D eigenvalue weighted by molar-refractivity contribution is -0.119. The first-order valence-electron chi connectivity index (χ1n) is 11.4. The van der Waals surface area contributed by atoms with Gasteiger partial charge < -0.3 is 9.73 Å². The summed E-state index contributed by atoms with van der Waals surface area (Å²) in [4.78, 5) is 28.8. The number of rotatable bonds is 6. The topological polar surface area (TPSA) is 102 Å². The Morgan fingerprint density at radius 3 is 2.71 bits per heavy atom. The van der Waals surface area contributed by atoms with Crippen molar-refractivity contribution in [2.75, 3.05) is 5.32 Å². The summed E-state index contributed by atoms with van der Waals surface area (Å²) in [7, 11) is 0. The maximum absolute atomic E-state index is 13.5. The molecule has 0 bridgehead atoms. The van der Waals surface area contributed by atoms with Gasteiger partial charge in [-0.05, 0) is 62.1 Å². The Kier molecular flexibility index (Phi) is 6.45. The van der Waals surface area contributed by atoms with Gasteiger partial charge in [0.25, 0.3) is 5.91 Å². The highest BCUT2D eigenvalue weighted by molar-refractivity contribution is 7.14. The number of anilines is 1. The number of carbonyl (C=O) groups excluding carboxylic acids is 2. The molecule has 2 N–H and O–H groups in total. The van der Waals surface area contributed by atoms with Gasteiger partial charge in [0.2, 0.25) is 5.91 Å². The molecule has 3 heterocycles. The lowest BCUT2D eigenvalue weighted by Gasteiger charge is -2.07. The lowest BCUT2D eigenvalue weighted by Crippen LogP contribution is -2.18. The number of benzene rings is 1. The van der Waals surface area contributed by atoms with E-state index in [1.807, 2.05) is 0 Å². The minimum Gasteiger partial charge on any atom is -0.458 e. The van der Waals surface area contributed by atoms with Crippen LogP contribution < -0.4 is 10.6 Å². The fraction of sp³-hybridized carbons (Fsp3) is 0.280. The number of halogens is 1. The van der Waals surface area contributed by atoms with Crippen molar-refractivity contribution in [2.45, 2.75) is 45.6 Å². The smallest absolute Gasteiger partial charge is 0.278 e. The average Bonchev–Trinajstić information content (AvgIpc) is 3.54. The standard InChI is InChI=1S/C25H24FN5O3S/c1-15(32)27-13-18-11-12-22(34-18)20-14-35-25(28-20)29-24(33)23-19-5-3-2-4-6-21(19)31(30-23)17-9-7-16(26)8-10-17/h7-12,14H,2-6,13H2,1H3,(H,27,32)(H,28,29,33). The van der Waals surface area contributed by atoms with Gasteiger partial charge in [-0.25, -0.2) is 14.1 Å². The second-order valence-corrected chi connectivity index (χ2v) is 9.25. The molecule has 1 aromatic carbocycles. The van der Waals surface area contributed by atoms with Crippen LogP contribution in [0.5, 0.6) is 0 Å². The molecule has 0 radical (unpaired) electrons. The third-order valence-corrected chi connectivity index (χ3v) is 6.62. The zero-order valence-electron chi connectivity index (χ0n) is 19.1. The number of nitrogens with zero attached hydrogens (tertiary/aromatic N) is 3. The number of aromatic nitrogens is 3. The highest BCUT2D eigenvalue weighted by Crippen LogP contribution is 2.29. The first-order valence-corrected chi connectivity index (χ1v) is 12.3. The van der Waals surface area contributed by atoms with Gasteiger partial charge in [-0.1, -0.05) is 6.42 Å². The fourth-order valence-electron chi connectivity index (χ4n) is 4.18. The normalized spacial score (nSPS) is 13.2. The zero-order valence-corrected chi connectivity index (χ0v) is 20.0. The van der Waals surface area contributed by atoms with Crippen LogP contribution in [-0.2, 0) is 24.2 Å². The summed E-state index contributed by atoms with van der Waals surface area (Å²) in [6.07, 6.45) is 4.68. The van der Waals surface area contributed by atoms with Gasteiger partial charge >= 0.3 is 0 Å². The van der Waals surface area contributed by atoms with Crippen LogP contribution in [0.4, 0.5) is 9.52 Å². The SMILES string of the molecule is CC(=O)NCc1ccc(-c2csc(NC(=O)c3nn(-c4ccc(F)cc4)c4c3CCCCC4)n2)o1. The van der Waals surface area contributed by atoms with Crippen molar-refractivity contribution < 1.29 is 18.4 Å². The van der Waals surface area contributed by atoms with E-state index in [-0.39, 0.29) is 17.6 Å². The van der Waals surface area contributed by atoms with E-state index < -0.39 is 0 Å². The summed E-state index contributed by atoms with van der Waals surface area (Å²) >= 11 is 1.29. The van der Waals surface area contributed by atoms with Gasteiger partial charge in [-0.3, -0.25) is 14.9 Å². The molecule has 1 aliphatic carbocycles. The third-order valence-electron chi connectivity index (χ3n) is 5.87. The molecule has 35 heavy (non-hydrogen) atoms. The van der Waals surface area contributed by atoms with E-state index in [1.54, 1.807) is 34.3 Å². The number of hydrogen-bond acceptors (Lipinski definition) is 6. The zero-order chi connectivity index (χ0) is 24.4. The van der Waals surface area contributed by atoms with Crippen LogP contribution in [-0.4, -0.2) is 26.6 Å². The predicted octanol–water partition coefficient (Wildman–Crippen LogP) is 4.89. The Morgan fingerprint density at radius 1 is 1.11 bits per heavy atom. The predicted molar refractivity (Wildman–Crippen MR) is 130 cm³/mol. The van der Waals surface area contributed by atoms with Gasteiger partial charge in [0.1, 0.15) is 17.3 Å². The number of carbonyl (C=O) groups is 2. The molecule has 0 unspecified atom stereocenters. The summed E-state index contributed by atoms with van der Waals surface area (Å²) in [6, 6.07) is 9.69. The van der Waals surface area contributed by atoms with E-state index in [0.29, 0.717) is 34.6 Å². The molecule has 0 fully saturated rings. The Morgan fingerprint density at radius 2 is 1.91 bits per heavy atom. The van der Waals surface area contributed by atoms with E-state index in [9.17, 15) is 14.0 Å². The molecule has 10 heteroatoms. The third kappa shape index (κ3) is 5.02. The van der Waals surface area contributed by atoms with Gasteiger partial charge in [-0.15, -0.1) is 11.3 Å². The Balaban J connectivity index is 1.37. The number of nitrogens with one attached hydrogen (secondary N) is 2. The average molecular weight is 494 g/mol. The van der Waals surface area contributed by atoms with Crippen molar-refractivity contribution in [1.82, 2.24) is 20.1 Å². The summed E-state index contributed by atoms with van der Waals surface area (Å²) in [5, 5.41) is 12.4. The number of fused-ring (bicyclic) bond motifs is 1. The first-order chi connectivity index (χ1) is 17.0. The summed E-state index contributed by atoms with van der Waals surface area (Å²) < 4.78 is 21.0. The van der Waals surface area contributed by atoms with E-state index in [0.717, 1.165) is 49.0 Å². The molecular formula is C25H24FN5O3S. The number of thiazole rings is 1. The fourth-order valence-corrected chi connectivity index (χ4v) is 4.87. The monoisotopic (exact) mass is 493 g/mol. The van der Waals surface area contributed by atoms with Crippen LogP contribution in [0.15, 0.2) is 46.2 Å². The molecule has 8 nitrogen and oxygen atoms in total. The molecular weight excluding hydrogens is 469 g/mol. The lowest BCUT2D eigenvalue weighted by atomic mass is 10.1. The van der Waals surface area contributed by atoms with Crippen LogP contribution >= 0.6 is 11.3 Å². The molecule has 5 rings (SSSR count). The molecule has 3 aromatic heterocycles. The van der Waals surface area contributed by atoms with Crippen LogP contribution in [0.2, 0.25) is 0 Å². The Hall–Kier alpha value is -3.79. The van der Waals surface area contributed by atoms with Crippen molar-refractivity contribution in [3.8, 4) is 17.1 Å². The molecule has 2 amide bonds. The first kappa shape index (κ1) is 23.0. The summed E-state index contributed by atoms with van der Waals surface area (Å²) in [6.45, 7) is 1.74. The maximum atomic E-state index is 13.5. The van der Waals surface area contributed by atoms with Crippen molar-refractivity contribution >= 4 is 28.3 Å². The number of furan rings is 1. The molecule has 4 aromatic rings. The minimum atomic E-state index is -0.323. The minimum absolute atomic E-state index is 0.138. The molecule has 0 spiro atoms. The second-order valence-electron chi connectivity index (χ2n) is 8.39. The van der Waals surface area contributed by atoms with E-state index in [4.69, 9.17) is 4.42 Å². The van der Waals surface area contributed by atoms with Crippen LogP contribution in [0.1, 0.15) is 53.7 Å². The van der Waals surface area contributed by atoms with Crippen LogP contribution in [0.25, 0.3) is 17.1 Å². The maximum Gasteiger partial charge on any atom is 0.278 e. The summed E-state index contributed by atoms with van der Waals surface area (Å²) in [5.41, 5.74) is 3.64. The van der Waals surface area contributed by atoms with E-state index in [2.05, 4.69) is 20.7 Å². The highest BCUT2D eigenvalue weighted by atomic mass is 32.1. The van der Waals surface area contributed by atoms with Gasteiger partial charge in [0, 0.05) is 23.6 Å². The highest BCUT2D eigenvalue weighted by Gasteiger charge is 2.25. The molecule has 1 aliphatic rings. The summed E-state index contributed by atoms with van der Waals surface area (Å²) in [5.74, 6) is 0.389. The van der Waals surface area contributed by atoms with Gasteiger partial charge in [-0.2, -0.15) is 5.10 Å². The van der Waals surface area contributed by atoms with Crippen molar-refractivity contribution in [2.24, 2.45) is 0 Å². The molecule has 0 saturated carbocycles. The van der Waals surface area contributed by atoms with Crippen molar-refractivity contribution in [1.29, 1.82) is 0 Å². The van der Waals surface area contributed by atoms with E-state index >= 15 is 0 Å². The number of amides is 2. The van der Waals surface area contributed by atoms with Crippen LogP contribution in [0.3, 0.4) is 0 Å². The van der Waals surface area contributed by atoms with Crippen molar-refractivity contribution in [3.05, 3.63) is 70.3 Å². The van der Waals surface area contributed by atoms with Gasteiger partial charge in [0.05, 0.1) is 12.2 Å². The quantitative estimate of drug-likeness (QED) is 0.373. The largest absolute Gasteiger partial charge is 0.458 e.